The molecule has 0 fully saturated rings. The average Bonchev–Trinajstić information content (AvgIpc) is 3.22. The number of hydrogen-bond acceptors (Lipinski definition) is 6. The van der Waals surface area contributed by atoms with Crippen LogP contribution in [0.15, 0.2) is 77.4 Å². The number of aryl methyl sites for hydroxylation is 1. The minimum atomic E-state index is -0.407. The van der Waals surface area contributed by atoms with Crippen LogP contribution < -0.4 is 14.4 Å². The predicted octanol–water partition coefficient (Wildman–Crippen LogP) is 5.80. The number of amidine groups is 1. The second-order valence-electron chi connectivity index (χ2n) is 8.31. The molecule has 37 heavy (non-hydrogen) atoms. The van der Waals surface area contributed by atoms with Crippen molar-refractivity contribution < 1.29 is 23.8 Å². The van der Waals surface area contributed by atoms with Crippen LogP contribution in [-0.4, -0.2) is 37.5 Å². The fraction of sp³-hybridized carbons (Fsp3) is 0.233. The largest absolute Gasteiger partial charge is 0.490 e. The molecule has 3 aromatic rings. The topological polar surface area (TPSA) is 77.4 Å². The van der Waals surface area contributed by atoms with Crippen LogP contribution in [0, 0.1) is 6.92 Å². The molecule has 0 N–H and O–H groups in total. The van der Waals surface area contributed by atoms with Gasteiger partial charge in [0.05, 0.1) is 31.1 Å². The van der Waals surface area contributed by atoms with Gasteiger partial charge in [0.15, 0.2) is 11.5 Å². The van der Waals surface area contributed by atoms with Crippen molar-refractivity contribution in [2.75, 3.05) is 24.7 Å². The lowest BCUT2D eigenvalue weighted by molar-refractivity contribution is -0.113. The minimum absolute atomic E-state index is 0.272. The molecule has 0 unspecified atom stereocenters. The molecule has 4 rings (SSSR count). The van der Waals surface area contributed by atoms with E-state index in [9.17, 15) is 9.59 Å². The van der Waals surface area contributed by atoms with Gasteiger partial charge in [0, 0.05) is 5.56 Å². The smallest absolute Gasteiger partial charge is 0.338 e. The second-order valence-corrected chi connectivity index (χ2v) is 8.31. The predicted molar refractivity (Wildman–Crippen MR) is 144 cm³/mol. The first-order valence-electron chi connectivity index (χ1n) is 12.3. The molecule has 0 atom stereocenters. The number of rotatable bonds is 9. The molecule has 7 heteroatoms. The Morgan fingerprint density at radius 1 is 0.865 bits per heavy atom. The molecule has 1 aliphatic heterocycles. The molecule has 1 heterocycles. The summed E-state index contributed by atoms with van der Waals surface area (Å²) in [6.45, 7) is 8.89. The fourth-order valence-electron chi connectivity index (χ4n) is 3.93. The standard InChI is InChI=1S/C30H30N2O5/c1-5-35-26-17-10-21(19-27(26)36-6-2)18-25-29(33)32(28(31-25)22-11-8-20(4)9-12-22)24-15-13-23(14-16-24)30(34)37-7-3/h8-19H,5-7H2,1-4H3. The summed E-state index contributed by atoms with van der Waals surface area (Å²) >= 11 is 0. The summed E-state index contributed by atoms with van der Waals surface area (Å²) in [6.07, 6.45) is 1.74. The number of nitrogens with zero attached hydrogens (tertiary/aromatic N) is 2. The van der Waals surface area contributed by atoms with Crippen molar-refractivity contribution in [3.8, 4) is 11.5 Å². The molecular formula is C30H30N2O5. The number of aliphatic imine (C=N–C) groups is 1. The molecule has 0 aliphatic carbocycles. The van der Waals surface area contributed by atoms with E-state index in [1.807, 2.05) is 63.2 Å². The zero-order valence-electron chi connectivity index (χ0n) is 21.5. The molecule has 0 saturated carbocycles. The van der Waals surface area contributed by atoms with Crippen molar-refractivity contribution in [1.82, 2.24) is 0 Å². The molecule has 0 aromatic heterocycles. The molecule has 1 aliphatic rings. The second kappa shape index (κ2) is 11.6. The first kappa shape index (κ1) is 25.7. The number of amides is 1. The van der Waals surface area contributed by atoms with Gasteiger partial charge in [0.1, 0.15) is 11.5 Å². The van der Waals surface area contributed by atoms with Crippen molar-refractivity contribution in [2.24, 2.45) is 4.99 Å². The summed E-state index contributed by atoms with van der Waals surface area (Å²) in [7, 11) is 0. The van der Waals surface area contributed by atoms with Crippen LogP contribution in [-0.2, 0) is 9.53 Å². The number of hydrogen-bond donors (Lipinski definition) is 0. The molecule has 0 spiro atoms. The van der Waals surface area contributed by atoms with E-state index in [0.29, 0.717) is 48.4 Å². The van der Waals surface area contributed by atoms with Crippen molar-refractivity contribution in [3.05, 3.63) is 94.7 Å². The molecule has 0 bridgehead atoms. The van der Waals surface area contributed by atoms with Crippen LogP contribution in [0.25, 0.3) is 6.08 Å². The maximum Gasteiger partial charge on any atom is 0.338 e. The highest BCUT2D eigenvalue weighted by atomic mass is 16.5. The van der Waals surface area contributed by atoms with Gasteiger partial charge >= 0.3 is 5.97 Å². The van der Waals surface area contributed by atoms with Crippen molar-refractivity contribution in [1.29, 1.82) is 0 Å². The Kier molecular flexibility index (Phi) is 8.03. The molecular weight excluding hydrogens is 468 g/mol. The van der Waals surface area contributed by atoms with Crippen molar-refractivity contribution in [3.63, 3.8) is 0 Å². The molecule has 0 saturated heterocycles. The van der Waals surface area contributed by atoms with Gasteiger partial charge in [-0.15, -0.1) is 0 Å². The zero-order valence-corrected chi connectivity index (χ0v) is 21.5. The molecule has 3 aromatic carbocycles. The van der Waals surface area contributed by atoms with Gasteiger partial charge in [-0.1, -0.05) is 35.9 Å². The summed E-state index contributed by atoms with van der Waals surface area (Å²) in [5.74, 6) is 1.09. The van der Waals surface area contributed by atoms with E-state index in [1.54, 1.807) is 42.2 Å². The van der Waals surface area contributed by atoms with E-state index in [0.717, 1.165) is 16.7 Å². The Morgan fingerprint density at radius 2 is 1.54 bits per heavy atom. The Labute approximate surface area is 217 Å². The molecule has 0 radical (unpaired) electrons. The minimum Gasteiger partial charge on any atom is -0.490 e. The first-order chi connectivity index (χ1) is 17.9. The van der Waals surface area contributed by atoms with Gasteiger partial charge in [0.25, 0.3) is 5.91 Å². The third-order valence-electron chi connectivity index (χ3n) is 5.68. The number of anilines is 1. The van der Waals surface area contributed by atoms with E-state index in [4.69, 9.17) is 19.2 Å². The Morgan fingerprint density at radius 3 is 2.19 bits per heavy atom. The van der Waals surface area contributed by atoms with Crippen LogP contribution in [0.3, 0.4) is 0 Å². The fourth-order valence-corrected chi connectivity index (χ4v) is 3.93. The van der Waals surface area contributed by atoms with E-state index in [-0.39, 0.29) is 11.6 Å². The third-order valence-corrected chi connectivity index (χ3v) is 5.68. The third kappa shape index (κ3) is 5.72. The SMILES string of the molecule is CCOC(=O)c1ccc(N2C(=O)C(=Cc3ccc(OCC)c(OCC)c3)N=C2c2ccc(C)cc2)cc1. The van der Waals surface area contributed by atoms with Gasteiger partial charge in [-0.3, -0.25) is 9.69 Å². The highest BCUT2D eigenvalue weighted by Crippen LogP contribution is 2.32. The molecule has 1 amide bonds. The van der Waals surface area contributed by atoms with Crippen LogP contribution in [0.4, 0.5) is 5.69 Å². The van der Waals surface area contributed by atoms with Crippen LogP contribution in [0.2, 0.25) is 0 Å². The molecule has 190 valence electrons. The average molecular weight is 499 g/mol. The van der Waals surface area contributed by atoms with Gasteiger partial charge < -0.3 is 14.2 Å². The van der Waals surface area contributed by atoms with Crippen LogP contribution in [0.1, 0.15) is 47.8 Å². The summed E-state index contributed by atoms with van der Waals surface area (Å²) in [5, 5.41) is 0. The van der Waals surface area contributed by atoms with Gasteiger partial charge in [-0.05, 0) is 75.7 Å². The summed E-state index contributed by atoms with van der Waals surface area (Å²) in [5.41, 5.74) is 3.98. The number of carbonyl (C=O) groups is 2. The zero-order chi connectivity index (χ0) is 26.4. The van der Waals surface area contributed by atoms with E-state index >= 15 is 0 Å². The van der Waals surface area contributed by atoms with Crippen LogP contribution in [0.5, 0.6) is 11.5 Å². The Bertz CT molecular complexity index is 1340. The Hall–Kier alpha value is -4.39. The van der Waals surface area contributed by atoms with Crippen molar-refractivity contribution >= 4 is 29.5 Å². The lowest BCUT2D eigenvalue weighted by Crippen LogP contribution is -2.32. The van der Waals surface area contributed by atoms with Gasteiger partial charge in [-0.25, -0.2) is 9.79 Å². The van der Waals surface area contributed by atoms with E-state index in [1.165, 1.54) is 0 Å². The maximum absolute atomic E-state index is 13.7. The lowest BCUT2D eigenvalue weighted by atomic mass is 10.1. The number of ether oxygens (including phenoxy) is 3. The summed E-state index contributed by atoms with van der Waals surface area (Å²) < 4.78 is 16.5. The van der Waals surface area contributed by atoms with E-state index in [2.05, 4.69) is 0 Å². The van der Waals surface area contributed by atoms with Crippen LogP contribution >= 0.6 is 0 Å². The highest BCUT2D eigenvalue weighted by molar-refractivity contribution is 6.33. The maximum atomic E-state index is 13.7. The number of benzene rings is 3. The van der Waals surface area contributed by atoms with E-state index < -0.39 is 5.97 Å². The van der Waals surface area contributed by atoms with Crippen molar-refractivity contribution in [2.45, 2.75) is 27.7 Å². The number of carbonyl (C=O) groups excluding carboxylic acids is 2. The highest BCUT2D eigenvalue weighted by Gasteiger charge is 2.32. The van der Waals surface area contributed by atoms with Gasteiger partial charge in [-0.2, -0.15) is 0 Å². The quantitative estimate of drug-likeness (QED) is 0.275. The summed E-state index contributed by atoms with van der Waals surface area (Å²) in [4.78, 5) is 32.0. The summed E-state index contributed by atoms with van der Waals surface area (Å²) in [6, 6.07) is 20.1. The Balaban J connectivity index is 1.74. The first-order valence-corrected chi connectivity index (χ1v) is 12.3. The lowest BCUT2D eigenvalue weighted by Gasteiger charge is -2.19. The normalized spacial score (nSPS) is 14.1. The van der Waals surface area contributed by atoms with Gasteiger partial charge in [0.2, 0.25) is 0 Å². The monoisotopic (exact) mass is 498 g/mol. The molecule has 7 nitrogen and oxygen atoms in total. The number of esters is 1.